The van der Waals surface area contributed by atoms with Crippen LogP contribution < -0.4 is 10.2 Å². The van der Waals surface area contributed by atoms with Crippen molar-refractivity contribution in [3.05, 3.63) is 28.8 Å². The highest BCUT2D eigenvalue weighted by Crippen LogP contribution is 2.25. The number of halogens is 1. The van der Waals surface area contributed by atoms with Gasteiger partial charge in [-0.2, -0.15) is 0 Å². The van der Waals surface area contributed by atoms with Crippen LogP contribution in [0.5, 0.6) is 0 Å². The zero-order valence-corrected chi connectivity index (χ0v) is 10.0. The Kier molecular flexibility index (Phi) is 3.17. The monoisotopic (exact) mass is 224 g/mol. The molecule has 0 bridgehead atoms. The number of hydrogen-bond donors (Lipinski definition) is 1. The molecule has 1 aliphatic rings. The molecule has 1 N–H and O–H groups in total. The van der Waals surface area contributed by atoms with Crippen LogP contribution in [0.4, 0.5) is 5.69 Å². The zero-order chi connectivity index (χ0) is 10.8. The maximum absolute atomic E-state index is 5.96. The molecule has 0 spiro atoms. The second-order valence-electron chi connectivity index (χ2n) is 4.18. The van der Waals surface area contributed by atoms with Gasteiger partial charge in [-0.1, -0.05) is 11.6 Å². The Balaban J connectivity index is 2.27. The third-order valence-corrected chi connectivity index (χ3v) is 3.20. The zero-order valence-electron chi connectivity index (χ0n) is 9.26. The number of piperazine rings is 1. The molecule has 1 aliphatic heterocycles. The van der Waals surface area contributed by atoms with E-state index >= 15 is 0 Å². The molecule has 82 valence electrons. The lowest BCUT2D eigenvalue weighted by Crippen LogP contribution is -2.50. The third kappa shape index (κ3) is 2.27. The van der Waals surface area contributed by atoms with Crippen LogP contribution in [-0.2, 0) is 0 Å². The van der Waals surface area contributed by atoms with E-state index in [1.54, 1.807) is 0 Å². The molecule has 2 rings (SSSR count). The highest BCUT2D eigenvalue weighted by atomic mass is 35.5. The van der Waals surface area contributed by atoms with Crippen molar-refractivity contribution in [3.63, 3.8) is 0 Å². The molecule has 2 nitrogen and oxygen atoms in total. The molecule has 0 radical (unpaired) electrons. The summed E-state index contributed by atoms with van der Waals surface area (Å²) in [7, 11) is 0. The van der Waals surface area contributed by atoms with Crippen molar-refractivity contribution >= 4 is 17.3 Å². The number of nitrogens with zero attached hydrogens (tertiary/aromatic N) is 1. The van der Waals surface area contributed by atoms with Gasteiger partial charge in [-0.25, -0.2) is 0 Å². The summed E-state index contributed by atoms with van der Waals surface area (Å²) in [5.41, 5.74) is 2.57. The van der Waals surface area contributed by atoms with Gasteiger partial charge < -0.3 is 10.2 Å². The number of benzene rings is 1. The molecule has 0 aromatic heterocycles. The summed E-state index contributed by atoms with van der Waals surface area (Å²) < 4.78 is 0. The standard InChI is InChI=1S/C12H17ClN2/c1-9-7-11(13)3-4-12(9)15-6-5-14-8-10(15)2/h3-4,7,10,14H,5-6,8H2,1-2H3. The van der Waals surface area contributed by atoms with E-state index in [4.69, 9.17) is 11.6 Å². The first kappa shape index (κ1) is 10.8. The van der Waals surface area contributed by atoms with Gasteiger partial charge >= 0.3 is 0 Å². The highest BCUT2D eigenvalue weighted by molar-refractivity contribution is 6.30. The topological polar surface area (TPSA) is 15.3 Å². The minimum atomic E-state index is 0.554. The SMILES string of the molecule is Cc1cc(Cl)ccc1N1CCNCC1C. The fourth-order valence-electron chi connectivity index (χ4n) is 2.14. The lowest BCUT2D eigenvalue weighted by Gasteiger charge is -2.36. The van der Waals surface area contributed by atoms with Crippen LogP contribution in [0.3, 0.4) is 0 Å². The molecule has 1 heterocycles. The van der Waals surface area contributed by atoms with Gasteiger partial charge in [-0.15, -0.1) is 0 Å². The van der Waals surface area contributed by atoms with Gasteiger partial charge in [0.05, 0.1) is 0 Å². The molecule has 1 fully saturated rings. The molecular weight excluding hydrogens is 208 g/mol. The van der Waals surface area contributed by atoms with Crippen LogP contribution in [0.1, 0.15) is 12.5 Å². The predicted octanol–water partition coefficient (Wildman–Crippen LogP) is 2.45. The summed E-state index contributed by atoms with van der Waals surface area (Å²) in [6.07, 6.45) is 0. The number of anilines is 1. The number of nitrogens with one attached hydrogen (secondary N) is 1. The lowest BCUT2D eigenvalue weighted by atomic mass is 10.1. The maximum atomic E-state index is 5.96. The largest absolute Gasteiger partial charge is 0.366 e. The second kappa shape index (κ2) is 4.42. The van der Waals surface area contributed by atoms with Crippen molar-refractivity contribution in [3.8, 4) is 0 Å². The molecule has 1 unspecified atom stereocenters. The molecule has 15 heavy (non-hydrogen) atoms. The summed E-state index contributed by atoms with van der Waals surface area (Å²) in [5.74, 6) is 0. The Hall–Kier alpha value is -0.730. The fourth-order valence-corrected chi connectivity index (χ4v) is 2.37. The van der Waals surface area contributed by atoms with E-state index in [-0.39, 0.29) is 0 Å². The van der Waals surface area contributed by atoms with Gasteiger partial charge in [-0.05, 0) is 37.6 Å². The van der Waals surface area contributed by atoms with Crippen molar-refractivity contribution in [2.75, 3.05) is 24.5 Å². The van der Waals surface area contributed by atoms with Crippen molar-refractivity contribution < 1.29 is 0 Å². The van der Waals surface area contributed by atoms with Gasteiger partial charge in [0.2, 0.25) is 0 Å². The summed E-state index contributed by atoms with van der Waals surface area (Å²) in [6, 6.07) is 6.68. The van der Waals surface area contributed by atoms with E-state index in [0.29, 0.717) is 6.04 Å². The van der Waals surface area contributed by atoms with Gasteiger partial charge in [0.15, 0.2) is 0 Å². The second-order valence-corrected chi connectivity index (χ2v) is 4.61. The van der Waals surface area contributed by atoms with Gasteiger partial charge in [0.25, 0.3) is 0 Å². The van der Waals surface area contributed by atoms with Gasteiger partial charge in [0, 0.05) is 36.4 Å². The molecule has 1 aromatic carbocycles. The first-order valence-electron chi connectivity index (χ1n) is 5.42. The lowest BCUT2D eigenvalue weighted by molar-refractivity contribution is 0.500. The van der Waals surface area contributed by atoms with Gasteiger partial charge in [0.1, 0.15) is 0 Å². The number of hydrogen-bond acceptors (Lipinski definition) is 2. The minimum Gasteiger partial charge on any atom is -0.366 e. The first-order chi connectivity index (χ1) is 7.18. The van der Waals surface area contributed by atoms with Crippen LogP contribution in [0, 0.1) is 6.92 Å². The molecule has 1 saturated heterocycles. The quantitative estimate of drug-likeness (QED) is 0.789. The summed E-state index contributed by atoms with van der Waals surface area (Å²) in [4.78, 5) is 2.45. The molecular formula is C12H17ClN2. The van der Waals surface area contributed by atoms with E-state index in [9.17, 15) is 0 Å². The Bertz CT molecular complexity index is 351. The van der Waals surface area contributed by atoms with Gasteiger partial charge in [-0.3, -0.25) is 0 Å². The van der Waals surface area contributed by atoms with Crippen molar-refractivity contribution in [2.24, 2.45) is 0 Å². The normalized spacial score (nSPS) is 21.8. The van der Waals surface area contributed by atoms with Crippen LogP contribution in [0.2, 0.25) is 5.02 Å². The van der Waals surface area contributed by atoms with Crippen LogP contribution >= 0.6 is 11.6 Å². The van der Waals surface area contributed by atoms with E-state index in [2.05, 4.69) is 30.1 Å². The smallest absolute Gasteiger partial charge is 0.0410 e. The molecule has 3 heteroatoms. The van der Waals surface area contributed by atoms with Crippen LogP contribution in [0.25, 0.3) is 0 Å². The Labute approximate surface area is 96.2 Å². The van der Waals surface area contributed by atoms with Crippen LogP contribution in [0.15, 0.2) is 18.2 Å². The molecule has 0 aliphatic carbocycles. The Morgan fingerprint density at radius 3 is 2.93 bits per heavy atom. The Morgan fingerprint density at radius 1 is 1.47 bits per heavy atom. The summed E-state index contributed by atoms with van der Waals surface area (Å²) in [6.45, 7) is 7.56. The molecule has 1 atom stereocenters. The number of aryl methyl sites for hydroxylation is 1. The Morgan fingerprint density at radius 2 is 2.27 bits per heavy atom. The number of rotatable bonds is 1. The highest BCUT2D eigenvalue weighted by Gasteiger charge is 2.19. The van der Waals surface area contributed by atoms with E-state index in [0.717, 1.165) is 24.7 Å². The average Bonchev–Trinajstić information content (AvgIpc) is 2.20. The molecule has 0 saturated carbocycles. The fraction of sp³-hybridized carbons (Fsp3) is 0.500. The molecule has 1 aromatic rings. The first-order valence-corrected chi connectivity index (χ1v) is 5.80. The third-order valence-electron chi connectivity index (χ3n) is 2.97. The average molecular weight is 225 g/mol. The minimum absolute atomic E-state index is 0.554. The van der Waals surface area contributed by atoms with Crippen molar-refractivity contribution in [1.82, 2.24) is 5.32 Å². The van der Waals surface area contributed by atoms with E-state index < -0.39 is 0 Å². The van der Waals surface area contributed by atoms with E-state index in [1.807, 2.05) is 12.1 Å². The summed E-state index contributed by atoms with van der Waals surface area (Å²) in [5, 5.41) is 4.22. The van der Waals surface area contributed by atoms with Crippen molar-refractivity contribution in [2.45, 2.75) is 19.9 Å². The predicted molar refractivity (Wildman–Crippen MR) is 65.9 cm³/mol. The van der Waals surface area contributed by atoms with Crippen LogP contribution in [-0.4, -0.2) is 25.7 Å². The molecule has 0 amide bonds. The van der Waals surface area contributed by atoms with Crippen molar-refractivity contribution in [1.29, 1.82) is 0 Å². The maximum Gasteiger partial charge on any atom is 0.0410 e. The summed E-state index contributed by atoms with van der Waals surface area (Å²) >= 11 is 5.96. The van der Waals surface area contributed by atoms with E-state index in [1.165, 1.54) is 11.3 Å².